The van der Waals surface area contributed by atoms with Gasteiger partial charge in [0.2, 0.25) is 0 Å². The number of aryl methyl sites for hydroxylation is 2. The maximum atomic E-state index is 4.37. The molecule has 0 radical (unpaired) electrons. The van der Waals surface area contributed by atoms with Crippen molar-refractivity contribution in [2.75, 3.05) is 0 Å². The fourth-order valence-corrected chi connectivity index (χ4v) is 7.82. The van der Waals surface area contributed by atoms with E-state index in [1.54, 1.807) is 0 Å². The largest absolute Gasteiger partial charge is 0.264 e. The predicted molar refractivity (Wildman–Crippen MR) is 97.1 cm³/mol. The van der Waals surface area contributed by atoms with E-state index in [1.807, 2.05) is 12.4 Å². The Morgan fingerprint density at radius 3 is 1.50 bits per heavy atom. The minimum atomic E-state index is -2.01. The Balaban J connectivity index is 2.34. The molecule has 1 nitrogen and oxygen atoms in total. The van der Waals surface area contributed by atoms with Gasteiger partial charge in [-0.1, -0.05) is 67.2 Å². The van der Waals surface area contributed by atoms with Crippen LogP contribution in [0, 0.1) is 13.8 Å². The van der Waals surface area contributed by atoms with E-state index in [9.17, 15) is 0 Å². The highest BCUT2D eigenvalue weighted by atomic mass is 28.3. The molecule has 0 saturated carbocycles. The molecule has 22 heavy (non-hydrogen) atoms. The van der Waals surface area contributed by atoms with E-state index in [0.717, 1.165) is 0 Å². The van der Waals surface area contributed by atoms with Crippen molar-refractivity contribution in [2.24, 2.45) is 0 Å². The first-order valence-corrected chi connectivity index (χ1v) is 10.2. The van der Waals surface area contributed by atoms with Crippen LogP contribution in [0.4, 0.5) is 0 Å². The number of aromatic nitrogens is 1. The van der Waals surface area contributed by atoms with Crippen LogP contribution in [0.2, 0.25) is 6.55 Å². The van der Waals surface area contributed by atoms with E-state index in [4.69, 9.17) is 0 Å². The molecule has 2 heteroatoms. The van der Waals surface area contributed by atoms with Crippen molar-refractivity contribution in [1.29, 1.82) is 0 Å². The number of pyridine rings is 1. The summed E-state index contributed by atoms with van der Waals surface area (Å²) in [5.41, 5.74) is 2.59. The first-order chi connectivity index (χ1) is 10.6. The van der Waals surface area contributed by atoms with Crippen LogP contribution in [0.15, 0.2) is 73.1 Å². The molecular weight excluding hydrogens is 282 g/mol. The Hall–Kier alpha value is -2.19. The fourth-order valence-electron chi connectivity index (χ4n) is 3.49. The van der Waals surface area contributed by atoms with Crippen molar-refractivity contribution in [3.8, 4) is 0 Å². The highest BCUT2D eigenvalue weighted by Crippen LogP contribution is 2.11. The van der Waals surface area contributed by atoms with Crippen LogP contribution in [0.1, 0.15) is 11.1 Å². The van der Waals surface area contributed by atoms with Crippen molar-refractivity contribution < 1.29 is 0 Å². The first-order valence-electron chi connectivity index (χ1n) is 7.67. The molecule has 0 aliphatic carbocycles. The van der Waals surface area contributed by atoms with Gasteiger partial charge in [-0.3, -0.25) is 4.98 Å². The van der Waals surface area contributed by atoms with Crippen molar-refractivity contribution in [2.45, 2.75) is 20.4 Å². The van der Waals surface area contributed by atoms with Gasteiger partial charge < -0.3 is 0 Å². The van der Waals surface area contributed by atoms with Gasteiger partial charge in [0.1, 0.15) is 8.07 Å². The Bertz CT molecular complexity index is 706. The average Bonchev–Trinajstić information content (AvgIpc) is 2.56. The summed E-state index contributed by atoms with van der Waals surface area (Å²) < 4.78 is 0. The standard InChI is InChI=1S/C20H21NSi/c1-16-14-21-15-17(2)20(16)22(3,18-10-6-4-7-11-18)19-12-8-5-9-13-19/h4-15H,1-3H3. The third-order valence-corrected chi connectivity index (χ3v) is 9.29. The van der Waals surface area contributed by atoms with Gasteiger partial charge in [0.05, 0.1) is 0 Å². The third kappa shape index (κ3) is 2.40. The highest BCUT2D eigenvalue weighted by molar-refractivity contribution is 7.11. The molecule has 110 valence electrons. The minimum absolute atomic E-state index is 1.29. The van der Waals surface area contributed by atoms with Crippen molar-refractivity contribution in [3.63, 3.8) is 0 Å². The lowest BCUT2D eigenvalue weighted by atomic mass is 10.2. The van der Waals surface area contributed by atoms with Gasteiger partial charge in [0.15, 0.2) is 0 Å². The maximum absolute atomic E-state index is 4.37. The quantitative estimate of drug-likeness (QED) is 0.678. The van der Waals surface area contributed by atoms with Crippen LogP contribution in [0.25, 0.3) is 0 Å². The molecule has 3 rings (SSSR count). The number of hydrogen-bond donors (Lipinski definition) is 0. The lowest BCUT2D eigenvalue weighted by Crippen LogP contribution is -2.66. The van der Waals surface area contributed by atoms with Crippen LogP contribution in [-0.4, -0.2) is 13.1 Å². The Morgan fingerprint density at radius 1 is 0.682 bits per heavy atom. The summed E-state index contributed by atoms with van der Waals surface area (Å²) in [6.07, 6.45) is 4.00. The summed E-state index contributed by atoms with van der Waals surface area (Å²) >= 11 is 0. The SMILES string of the molecule is Cc1cncc(C)c1[Si](C)(c1ccccc1)c1ccccc1. The Kier molecular flexibility index (Phi) is 3.95. The molecule has 0 bridgehead atoms. The van der Waals surface area contributed by atoms with E-state index in [0.29, 0.717) is 0 Å². The molecule has 3 aromatic rings. The summed E-state index contributed by atoms with van der Waals surface area (Å²) in [6, 6.07) is 21.9. The van der Waals surface area contributed by atoms with Gasteiger partial charge in [-0.25, -0.2) is 0 Å². The molecule has 0 N–H and O–H groups in total. The molecule has 0 amide bonds. The normalized spacial score (nSPS) is 11.4. The van der Waals surface area contributed by atoms with Crippen LogP contribution >= 0.6 is 0 Å². The summed E-state index contributed by atoms with van der Waals surface area (Å²) in [4.78, 5) is 4.37. The van der Waals surface area contributed by atoms with E-state index >= 15 is 0 Å². The molecule has 1 aromatic heterocycles. The molecule has 0 aliphatic rings. The lowest BCUT2D eigenvalue weighted by Gasteiger charge is -2.32. The number of nitrogens with zero attached hydrogens (tertiary/aromatic N) is 1. The minimum Gasteiger partial charge on any atom is -0.264 e. The number of hydrogen-bond acceptors (Lipinski definition) is 1. The van der Waals surface area contributed by atoms with Crippen LogP contribution in [0.5, 0.6) is 0 Å². The number of rotatable bonds is 3. The monoisotopic (exact) mass is 303 g/mol. The zero-order valence-corrected chi connectivity index (χ0v) is 14.4. The van der Waals surface area contributed by atoms with Gasteiger partial charge in [0, 0.05) is 12.4 Å². The fraction of sp³-hybridized carbons (Fsp3) is 0.150. The van der Waals surface area contributed by atoms with E-state index in [1.165, 1.54) is 26.7 Å². The molecule has 1 heterocycles. The van der Waals surface area contributed by atoms with Crippen LogP contribution in [-0.2, 0) is 0 Å². The first kappa shape index (κ1) is 14.7. The van der Waals surface area contributed by atoms with Gasteiger partial charge in [-0.15, -0.1) is 0 Å². The molecule has 0 spiro atoms. The van der Waals surface area contributed by atoms with Crippen molar-refractivity contribution in [3.05, 3.63) is 84.2 Å². The summed E-state index contributed by atoms with van der Waals surface area (Å²) in [5.74, 6) is 0. The maximum Gasteiger partial charge on any atom is 0.146 e. The summed E-state index contributed by atoms with van der Waals surface area (Å²) in [6.45, 7) is 6.83. The van der Waals surface area contributed by atoms with Gasteiger partial charge in [0.25, 0.3) is 0 Å². The molecule has 0 saturated heterocycles. The van der Waals surface area contributed by atoms with E-state index < -0.39 is 8.07 Å². The zero-order valence-electron chi connectivity index (χ0n) is 13.4. The predicted octanol–water partition coefficient (Wildman–Crippen LogP) is 2.80. The highest BCUT2D eigenvalue weighted by Gasteiger charge is 2.36. The van der Waals surface area contributed by atoms with Gasteiger partial charge in [-0.2, -0.15) is 0 Å². The molecule has 2 aromatic carbocycles. The lowest BCUT2D eigenvalue weighted by molar-refractivity contribution is 1.24. The summed E-state index contributed by atoms with van der Waals surface area (Å²) in [5, 5.41) is 4.37. The van der Waals surface area contributed by atoms with Gasteiger partial charge >= 0.3 is 0 Å². The molecule has 0 fully saturated rings. The Morgan fingerprint density at radius 2 is 1.09 bits per heavy atom. The second kappa shape index (κ2) is 5.89. The second-order valence-corrected chi connectivity index (χ2v) is 9.91. The van der Waals surface area contributed by atoms with Crippen molar-refractivity contribution >= 4 is 23.6 Å². The molecule has 0 aliphatic heterocycles. The van der Waals surface area contributed by atoms with Crippen LogP contribution < -0.4 is 15.6 Å². The smallest absolute Gasteiger partial charge is 0.146 e. The summed E-state index contributed by atoms with van der Waals surface area (Å²) in [7, 11) is -2.01. The van der Waals surface area contributed by atoms with Crippen molar-refractivity contribution in [1.82, 2.24) is 4.98 Å². The average molecular weight is 303 g/mol. The second-order valence-electron chi connectivity index (χ2n) is 6.01. The van der Waals surface area contributed by atoms with Gasteiger partial charge in [-0.05, 0) is 40.5 Å². The zero-order chi connectivity index (χ0) is 15.6. The topological polar surface area (TPSA) is 12.9 Å². The third-order valence-electron chi connectivity index (χ3n) is 4.53. The van der Waals surface area contributed by atoms with E-state index in [2.05, 4.69) is 86.0 Å². The van der Waals surface area contributed by atoms with Crippen LogP contribution in [0.3, 0.4) is 0 Å². The van der Waals surface area contributed by atoms with E-state index in [-0.39, 0.29) is 0 Å². The number of benzene rings is 2. The molecule has 0 atom stereocenters. The molecular formula is C20H21NSi. The molecule has 0 unspecified atom stereocenters. The Labute approximate surface area is 133 Å².